The van der Waals surface area contributed by atoms with E-state index in [9.17, 15) is 0 Å². The number of rotatable bonds is 5. The van der Waals surface area contributed by atoms with Crippen molar-refractivity contribution in [2.45, 2.75) is 58.4 Å². The minimum Gasteiger partial charge on any atom is -0.314 e. The second kappa shape index (κ2) is 6.38. The van der Waals surface area contributed by atoms with Crippen LogP contribution in [0.15, 0.2) is 24.3 Å². The molecule has 3 unspecified atom stereocenters. The molecule has 0 bridgehead atoms. The molecule has 2 rings (SSSR count). The molecule has 1 N–H and O–H groups in total. The maximum absolute atomic E-state index is 3.70. The molecular formula is C17H27N. The van der Waals surface area contributed by atoms with Crippen LogP contribution in [0.2, 0.25) is 0 Å². The van der Waals surface area contributed by atoms with Gasteiger partial charge in [-0.15, -0.1) is 0 Å². The quantitative estimate of drug-likeness (QED) is 0.822. The van der Waals surface area contributed by atoms with Gasteiger partial charge in [0.1, 0.15) is 0 Å². The van der Waals surface area contributed by atoms with Crippen LogP contribution in [0.1, 0.15) is 57.1 Å². The van der Waals surface area contributed by atoms with Crippen LogP contribution in [0.4, 0.5) is 0 Å². The maximum atomic E-state index is 3.70. The zero-order chi connectivity index (χ0) is 13.0. The summed E-state index contributed by atoms with van der Waals surface area (Å²) in [5.41, 5.74) is 2.99. The van der Waals surface area contributed by atoms with Gasteiger partial charge in [0.15, 0.2) is 0 Å². The van der Waals surface area contributed by atoms with Gasteiger partial charge in [0.2, 0.25) is 0 Å². The first-order valence-corrected chi connectivity index (χ1v) is 7.58. The SMILES string of the molecule is CCCNC1CCC(c2ccc(CC)cc2)C1C. The molecule has 0 radical (unpaired) electrons. The van der Waals surface area contributed by atoms with E-state index in [2.05, 4.69) is 50.4 Å². The highest BCUT2D eigenvalue weighted by Gasteiger charge is 2.32. The first kappa shape index (κ1) is 13.6. The zero-order valence-corrected chi connectivity index (χ0v) is 12.1. The van der Waals surface area contributed by atoms with Crippen LogP contribution in [-0.2, 0) is 6.42 Å². The summed E-state index contributed by atoms with van der Waals surface area (Å²) in [5.74, 6) is 1.52. The van der Waals surface area contributed by atoms with Crippen LogP contribution in [-0.4, -0.2) is 12.6 Å². The van der Waals surface area contributed by atoms with Gasteiger partial charge in [-0.05, 0) is 55.2 Å². The van der Waals surface area contributed by atoms with Gasteiger partial charge in [0, 0.05) is 6.04 Å². The molecule has 0 spiro atoms. The summed E-state index contributed by atoms with van der Waals surface area (Å²) in [4.78, 5) is 0. The Balaban J connectivity index is 2.00. The lowest BCUT2D eigenvalue weighted by Crippen LogP contribution is -2.32. The third-order valence-electron chi connectivity index (χ3n) is 4.53. The van der Waals surface area contributed by atoms with Gasteiger partial charge in [0.05, 0.1) is 0 Å². The second-order valence-electron chi connectivity index (χ2n) is 5.70. The molecule has 0 saturated heterocycles. The van der Waals surface area contributed by atoms with E-state index in [1.807, 2.05) is 0 Å². The van der Waals surface area contributed by atoms with Crippen LogP contribution in [0, 0.1) is 5.92 Å². The highest BCUT2D eigenvalue weighted by atomic mass is 14.9. The van der Waals surface area contributed by atoms with Gasteiger partial charge >= 0.3 is 0 Å². The van der Waals surface area contributed by atoms with Gasteiger partial charge in [-0.2, -0.15) is 0 Å². The first-order valence-electron chi connectivity index (χ1n) is 7.58. The van der Waals surface area contributed by atoms with Crippen LogP contribution in [0.5, 0.6) is 0 Å². The third kappa shape index (κ3) is 2.95. The number of hydrogen-bond donors (Lipinski definition) is 1. The van der Waals surface area contributed by atoms with Crippen molar-refractivity contribution >= 4 is 0 Å². The van der Waals surface area contributed by atoms with Crippen molar-refractivity contribution in [3.8, 4) is 0 Å². The van der Waals surface area contributed by atoms with E-state index in [4.69, 9.17) is 0 Å². The lowest BCUT2D eigenvalue weighted by molar-refractivity contribution is 0.405. The van der Waals surface area contributed by atoms with Crippen LogP contribution in [0.25, 0.3) is 0 Å². The van der Waals surface area contributed by atoms with Crippen molar-refractivity contribution < 1.29 is 0 Å². The summed E-state index contributed by atoms with van der Waals surface area (Å²) in [7, 11) is 0. The topological polar surface area (TPSA) is 12.0 Å². The normalized spacial score (nSPS) is 27.6. The summed E-state index contributed by atoms with van der Waals surface area (Å²) in [6, 6.07) is 10.0. The predicted molar refractivity (Wildman–Crippen MR) is 79.0 cm³/mol. The van der Waals surface area contributed by atoms with Gasteiger partial charge in [-0.1, -0.05) is 45.0 Å². The molecule has 1 fully saturated rings. The standard InChI is InChI=1S/C17H27N/c1-4-12-18-17-11-10-16(13(17)3)15-8-6-14(5-2)7-9-15/h6-9,13,16-18H,4-5,10-12H2,1-3H3. The minimum absolute atomic E-state index is 0.723. The molecule has 100 valence electrons. The summed E-state index contributed by atoms with van der Waals surface area (Å²) in [6.45, 7) is 8.04. The molecule has 0 heterocycles. The number of hydrogen-bond acceptors (Lipinski definition) is 1. The van der Waals surface area contributed by atoms with E-state index in [0.29, 0.717) is 0 Å². The Morgan fingerprint density at radius 3 is 2.44 bits per heavy atom. The van der Waals surface area contributed by atoms with Gasteiger partial charge in [0.25, 0.3) is 0 Å². The van der Waals surface area contributed by atoms with Crippen molar-refractivity contribution in [3.63, 3.8) is 0 Å². The van der Waals surface area contributed by atoms with Crippen LogP contribution in [0.3, 0.4) is 0 Å². The van der Waals surface area contributed by atoms with Crippen molar-refractivity contribution in [1.29, 1.82) is 0 Å². The van der Waals surface area contributed by atoms with E-state index in [1.165, 1.54) is 24.8 Å². The molecule has 1 aromatic carbocycles. The Morgan fingerprint density at radius 1 is 1.11 bits per heavy atom. The van der Waals surface area contributed by atoms with E-state index < -0.39 is 0 Å². The molecule has 18 heavy (non-hydrogen) atoms. The maximum Gasteiger partial charge on any atom is 0.00987 e. The van der Waals surface area contributed by atoms with Crippen LogP contribution < -0.4 is 5.32 Å². The second-order valence-corrected chi connectivity index (χ2v) is 5.70. The fraction of sp³-hybridized carbons (Fsp3) is 0.647. The van der Waals surface area contributed by atoms with E-state index >= 15 is 0 Å². The minimum atomic E-state index is 0.723. The van der Waals surface area contributed by atoms with Crippen molar-refractivity contribution in [2.24, 2.45) is 5.92 Å². The monoisotopic (exact) mass is 245 g/mol. The fourth-order valence-corrected chi connectivity index (χ4v) is 3.25. The van der Waals surface area contributed by atoms with Crippen molar-refractivity contribution in [1.82, 2.24) is 5.32 Å². The molecule has 0 amide bonds. The first-order chi connectivity index (χ1) is 8.76. The molecule has 1 aromatic rings. The average Bonchev–Trinajstić information content (AvgIpc) is 2.78. The van der Waals surface area contributed by atoms with Crippen molar-refractivity contribution in [3.05, 3.63) is 35.4 Å². The Kier molecular flexibility index (Phi) is 4.82. The Bertz CT molecular complexity index is 354. The molecule has 3 atom stereocenters. The van der Waals surface area contributed by atoms with E-state index in [0.717, 1.165) is 30.8 Å². The zero-order valence-electron chi connectivity index (χ0n) is 12.1. The van der Waals surface area contributed by atoms with Gasteiger partial charge in [-0.25, -0.2) is 0 Å². The van der Waals surface area contributed by atoms with Crippen LogP contribution >= 0.6 is 0 Å². The molecular weight excluding hydrogens is 218 g/mol. The Labute approximate surface area is 112 Å². The third-order valence-corrected chi connectivity index (χ3v) is 4.53. The number of aryl methyl sites for hydroxylation is 1. The molecule has 1 saturated carbocycles. The van der Waals surface area contributed by atoms with Gasteiger partial charge in [-0.3, -0.25) is 0 Å². The molecule has 0 aliphatic heterocycles. The Morgan fingerprint density at radius 2 is 1.83 bits per heavy atom. The molecule has 1 aliphatic rings. The Hall–Kier alpha value is -0.820. The lowest BCUT2D eigenvalue weighted by atomic mass is 9.88. The molecule has 1 nitrogen and oxygen atoms in total. The summed E-state index contributed by atoms with van der Waals surface area (Å²) >= 11 is 0. The van der Waals surface area contributed by atoms with Crippen molar-refractivity contribution in [2.75, 3.05) is 6.54 Å². The number of nitrogens with one attached hydrogen (secondary N) is 1. The average molecular weight is 245 g/mol. The molecule has 1 aliphatic carbocycles. The van der Waals surface area contributed by atoms with E-state index in [1.54, 1.807) is 5.56 Å². The van der Waals surface area contributed by atoms with E-state index in [-0.39, 0.29) is 0 Å². The smallest absolute Gasteiger partial charge is 0.00987 e. The highest BCUT2D eigenvalue weighted by molar-refractivity contribution is 5.27. The highest BCUT2D eigenvalue weighted by Crippen LogP contribution is 2.39. The lowest BCUT2D eigenvalue weighted by Gasteiger charge is -2.22. The summed E-state index contributed by atoms with van der Waals surface area (Å²) in [6.07, 6.45) is 5.05. The van der Waals surface area contributed by atoms with Gasteiger partial charge < -0.3 is 5.32 Å². The number of benzene rings is 1. The molecule has 0 aromatic heterocycles. The molecule has 1 heteroatoms. The fourth-order valence-electron chi connectivity index (χ4n) is 3.25. The predicted octanol–water partition coefficient (Wildman–Crippen LogP) is 4.13. The summed E-state index contributed by atoms with van der Waals surface area (Å²) in [5, 5.41) is 3.70. The largest absolute Gasteiger partial charge is 0.314 e. The summed E-state index contributed by atoms with van der Waals surface area (Å²) < 4.78 is 0.